The monoisotopic (exact) mass is 386 g/mol. The molecule has 0 radical (unpaired) electrons. The predicted octanol–water partition coefficient (Wildman–Crippen LogP) is 2.56. The van der Waals surface area contributed by atoms with E-state index in [1.165, 1.54) is 0 Å². The molecule has 2 heterocycles. The highest BCUT2D eigenvalue weighted by Gasteiger charge is 2.30. The average molecular weight is 386 g/mol. The van der Waals surface area contributed by atoms with E-state index in [1.807, 2.05) is 52.0 Å². The summed E-state index contributed by atoms with van der Waals surface area (Å²) in [5, 5.41) is 14.4. The van der Waals surface area contributed by atoms with Gasteiger partial charge in [-0.3, -0.25) is 4.79 Å². The van der Waals surface area contributed by atoms with Crippen LogP contribution in [0.1, 0.15) is 39.4 Å². The third-order valence-electron chi connectivity index (χ3n) is 4.50. The maximum atomic E-state index is 12.6. The molecule has 0 atom stereocenters. The van der Waals surface area contributed by atoms with Gasteiger partial charge in [-0.2, -0.15) is 4.68 Å². The Balaban J connectivity index is 1.57. The van der Waals surface area contributed by atoms with Crippen LogP contribution < -0.4 is 5.32 Å². The van der Waals surface area contributed by atoms with Crippen LogP contribution >= 0.6 is 0 Å². The zero-order chi connectivity index (χ0) is 20.3. The van der Waals surface area contributed by atoms with Crippen LogP contribution in [-0.2, 0) is 9.53 Å². The standard InChI is InChI=1S/C19H26N6O3/c1-13-21-22-23-25(13)16-7-5-6-15(12-16)20-17(26)14-8-10-24(11-9-14)18(27)28-19(2,3)4/h5-7,12,14H,8-11H2,1-4H3,(H,20,26). The second kappa shape index (κ2) is 7.95. The largest absolute Gasteiger partial charge is 0.444 e. The molecular formula is C19H26N6O3. The first-order chi connectivity index (χ1) is 13.2. The van der Waals surface area contributed by atoms with Crippen LogP contribution in [-0.4, -0.2) is 55.8 Å². The van der Waals surface area contributed by atoms with Gasteiger partial charge in [-0.15, -0.1) is 5.10 Å². The summed E-state index contributed by atoms with van der Waals surface area (Å²) in [6.45, 7) is 8.36. The van der Waals surface area contributed by atoms with E-state index in [9.17, 15) is 9.59 Å². The molecule has 0 unspecified atom stereocenters. The maximum absolute atomic E-state index is 12.6. The molecular weight excluding hydrogens is 360 g/mol. The van der Waals surface area contributed by atoms with E-state index in [0.29, 0.717) is 37.4 Å². The Hall–Kier alpha value is -2.97. The number of nitrogens with zero attached hydrogens (tertiary/aromatic N) is 5. The van der Waals surface area contributed by atoms with Gasteiger partial charge in [0.2, 0.25) is 5.91 Å². The molecule has 1 aromatic carbocycles. The van der Waals surface area contributed by atoms with Crippen molar-refractivity contribution < 1.29 is 14.3 Å². The molecule has 0 saturated carbocycles. The quantitative estimate of drug-likeness (QED) is 0.870. The molecule has 0 bridgehead atoms. The van der Waals surface area contributed by atoms with E-state index >= 15 is 0 Å². The molecule has 0 spiro atoms. The number of ether oxygens (including phenoxy) is 1. The van der Waals surface area contributed by atoms with Crippen LogP contribution in [0.5, 0.6) is 0 Å². The van der Waals surface area contributed by atoms with Gasteiger partial charge in [0.25, 0.3) is 0 Å². The fourth-order valence-electron chi connectivity index (χ4n) is 3.08. The van der Waals surface area contributed by atoms with Crippen molar-refractivity contribution in [3.05, 3.63) is 30.1 Å². The number of anilines is 1. The lowest BCUT2D eigenvalue weighted by atomic mass is 9.96. The summed E-state index contributed by atoms with van der Waals surface area (Å²) in [4.78, 5) is 26.5. The van der Waals surface area contributed by atoms with Crippen molar-refractivity contribution in [2.45, 2.75) is 46.1 Å². The lowest BCUT2D eigenvalue weighted by Gasteiger charge is -2.32. The number of aryl methyl sites for hydroxylation is 1. The second-order valence-electron chi connectivity index (χ2n) is 7.92. The van der Waals surface area contributed by atoms with Gasteiger partial charge in [-0.25, -0.2) is 4.79 Å². The first-order valence-electron chi connectivity index (χ1n) is 9.37. The fourth-order valence-corrected chi connectivity index (χ4v) is 3.08. The lowest BCUT2D eigenvalue weighted by molar-refractivity contribution is -0.121. The predicted molar refractivity (Wildman–Crippen MR) is 103 cm³/mol. The van der Waals surface area contributed by atoms with Gasteiger partial charge in [0.05, 0.1) is 5.69 Å². The van der Waals surface area contributed by atoms with Gasteiger partial charge in [-0.05, 0) is 69.2 Å². The number of nitrogens with one attached hydrogen (secondary N) is 1. The Morgan fingerprint density at radius 3 is 2.54 bits per heavy atom. The minimum absolute atomic E-state index is 0.0468. The van der Waals surface area contributed by atoms with E-state index in [2.05, 4.69) is 20.8 Å². The van der Waals surface area contributed by atoms with Crippen molar-refractivity contribution in [2.24, 2.45) is 5.92 Å². The van der Waals surface area contributed by atoms with Crippen LogP contribution in [0.4, 0.5) is 10.5 Å². The number of rotatable bonds is 3. The highest BCUT2D eigenvalue weighted by molar-refractivity contribution is 5.93. The number of carbonyl (C=O) groups excluding carboxylic acids is 2. The van der Waals surface area contributed by atoms with Crippen LogP contribution in [0, 0.1) is 12.8 Å². The van der Waals surface area contributed by atoms with Crippen molar-refractivity contribution in [3.63, 3.8) is 0 Å². The van der Waals surface area contributed by atoms with Crippen LogP contribution in [0.25, 0.3) is 5.69 Å². The number of aromatic nitrogens is 4. The molecule has 2 amide bonds. The molecule has 1 aromatic heterocycles. The Bertz CT molecular complexity index is 849. The number of likely N-dealkylation sites (tertiary alicyclic amines) is 1. The SMILES string of the molecule is Cc1nnnn1-c1cccc(NC(=O)C2CCN(C(=O)OC(C)(C)C)CC2)c1. The van der Waals surface area contributed by atoms with Gasteiger partial charge in [-0.1, -0.05) is 6.07 Å². The van der Waals surface area contributed by atoms with Crippen LogP contribution in [0.2, 0.25) is 0 Å². The van der Waals surface area contributed by atoms with E-state index in [4.69, 9.17) is 4.74 Å². The molecule has 9 heteroatoms. The fraction of sp³-hybridized carbons (Fsp3) is 0.526. The van der Waals surface area contributed by atoms with Crippen LogP contribution in [0.3, 0.4) is 0 Å². The van der Waals surface area contributed by atoms with E-state index in [0.717, 1.165) is 5.69 Å². The molecule has 28 heavy (non-hydrogen) atoms. The summed E-state index contributed by atoms with van der Waals surface area (Å²) in [6.07, 6.45) is 0.893. The molecule has 2 aromatic rings. The Morgan fingerprint density at radius 1 is 1.21 bits per heavy atom. The molecule has 1 N–H and O–H groups in total. The Morgan fingerprint density at radius 2 is 1.93 bits per heavy atom. The van der Waals surface area contributed by atoms with Crippen molar-refractivity contribution in [3.8, 4) is 5.69 Å². The minimum Gasteiger partial charge on any atom is -0.444 e. The van der Waals surface area contributed by atoms with Crippen molar-refractivity contribution in [1.29, 1.82) is 0 Å². The molecule has 150 valence electrons. The van der Waals surface area contributed by atoms with Crippen molar-refractivity contribution >= 4 is 17.7 Å². The topological polar surface area (TPSA) is 102 Å². The number of benzene rings is 1. The van der Waals surface area contributed by atoms with Crippen molar-refractivity contribution in [2.75, 3.05) is 18.4 Å². The molecule has 0 aliphatic carbocycles. The van der Waals surface area contributed by atoms with Gasteiger partial charge >= 0.3 is 6.09 Å². The summed E-state index contributed by atoms with van der Waals surface area (Å²) >= 11 is 0. The van der Waals surface area contributed by atoms with Crippen molar-refractivity contribution in [1.82, 2.24) is 25.1 Å². The summed E-state index contributed by atoms with van der Waals surface area (Å²) in [7, 11) is 0. The third kappa shape index (κ3) is 4.85. The minimum atomic E-state index is -0.520. The molecule has 1 fully saturated rings. The summed E-state index contributed by atoms with van der Waals surface area (Å²) in [5.74, 6) is 0.476. The molecule has 1 saturated heterocycles. The third-order valence-corrected chi connectivity index (χ3v) is 4.50. The maximum Gasteiger partial charge on any atom is 0.410 e. The summed E-state index contributed by atoms with van der Waals surface area (Å²) < 4.78 is 7.00. The Labute approximate surface area is 164 Å². The number of hydrogen-bond acceptors (Lipinski definition) is 6. The van der Waals surface area contributed by atoms with Gasteiger partial charge in [0.1, 0.15) is 5.60 Å². The lowest BCUT2D eigenvalue weighted by Crippen LogP contribution is -2.43. The number of amides is 2. The first kappa shape index (κ1) is 19.8. The first-order valence-corrected chi connectivity index (χ1v) is 9.37. The summed E-state index contributed by atoms with van der Waals surface area (Å²) in [6, 6.07) is 7.38. The average Bonchev–Trinajstić information content (AvgIpc) is 3.06. The highest BCUT2D eigenvalue weighted by Crippen LogP contribution is 2.22. The molecule has 1 aliphatic rings. The highest BCUT2D eigenvalue weighted by atomic mass is 16.6. The van der Waals surface area contributed by atoms with Gasteiger partial charge in [0, 0.05) is 24.7 Å². The number of tetrazole rings is 1. The molecule has 1 aliphatic heterocycles. The van der Waals surface area contributed by atoms with Gasteiger partial charge in [0.15, 0.2) is 5.82 Å². The zero-order valence-electron chi connectivity index (χ0n) is 16.7. The zero-order valence-corrected chi connectivity index (χ0v) is 16.7. The number of carbonyl (C=O) groups is 2. The van der Waals surface area contributed by atoms with E-state index in [1.54, 1.807) is 9.58 Å². The smallest absolute Gasteiger partial charge is 0.410 e. The number of hydrogen-bond donors (Lipinski definition) is 1. The normalized spacial score (nSPS) is 15.4. The number of piperidine rings is 1. The summed E-state index contributed by atoms with van der Waals surface area (Å²) in [5.41, 5.74) is 0.945. The Kier molecular flexibility index (Phi) is 5.62. The van der Waals surface area contributed by atoms with Crippen LogP contribution in [0.15, 0.2) is 24.3 Å². The molecule has 3 rings (SSSR count). The van der Waals surface area contributed by atoms with Gasteiger partial charge < -0.3 is 15.0 Å². The van der Waals surface area contributed by atoms with E-state index < -0.39 is 5.60 Å². The second-order valence-corrected chi connectivity index (χ2v) is 7.92. The molecule has 9 nitrogen and oxygen atoms in total. The van der Waals surface area contributed by atoms with E-state index in [-0.39, 0.29) is 17.9 Å².